The first-order chi connectivity index (χ1) is 14.0. The highest BCUT2D eigenvalue weighted by Crippen LogP contribution is 2.33. The first-order valence-electron chi connectivity index (χ1n) is 8.72. The Morgan fingerprint density at radius 2 is 1.86 bits per heavy atom. The predicted molar refractivity (Wildman–Crippen MR) is 113 cm³/mol. The highest BCUT2D eigenvalue weighted by Gasteiger charge is 2.28. The summed E-state index contributed by atoms with van der Waals surface area (Å²) in [5.74, 6) is 0.836. The molecule has 1 aromatic heterocycles. The molecule has 1 fully saturated rings. The van der Waals surface area contributed by atoms with Crippen LogP contribution in [-0.4, -0.2) is 50.4 Å². The molecule has 0 aliphatic carbocycles. The molecule has 29 heavy (non-hydrogen) atoms. The van der Waals surface area contributed by atoms with Crippen molar-refractivity contribution in [3.8, 4) is 17.1 Å². The van der Waals surface area contributed by atoms with Crippen LogP contribution in [0.15, 0.2) is 53.7 Å². The number of aromatic nitrogens is 3. The summed E-state index contributed by atoms with van der Waals surface area (Å²) in [7, 11) is 0. The minimum Gasteiger partial charge on any atom is -0.329 e. The maximum absolute atomic E-state index is 11.7. The highest BCUT2D eigenvalue weighted by molar-refractivity contribution is 7.99. The van der Waals surface area contributed by atoms with Crippen LogP contribution in [0.3, 0.4) is 0 Å². The molecule has 1 N–H and O–H groups in total. The molecule has 1 aliphatic rings. The molecule has 3 amide bonds. The summed E-state index contributed by atoms with van der Waals surface area (Å²) in [5.41, 5.74) is 1.57. The van der Waals surface area contributed by atoms with Crippen LogP contribution in [0.25, 0.3) is 17.1 Å². The van der Waals surface area contributed by atoms with E-state index in [1.54, 1.807) is 18.2 Å². The summed E-state index contributed by atoms with van der Waals surface area (Å²) in [5, 5.41) is 12.8. The molecule has 2 heterocycles. The van der Waals surface area contributed by atoms with Gasteiger partial charge in [0.15, 0.2) is 11.0 Å². The van der Waals surface area contributed by atoms with Gasteiger partial charge in [-0.2, -0.15) is 0 Å². The van der Waals surface area contributed by atoms with Crippen LogP contribution in [0.2, 0.25) is 10.0 Å². The van der Waals surface area contributed by atoms with Crippen molar-refractivity contribution in [1.82, 2.24) is 25.0 Å². The van der Waals surface area contributed by atoms with E-state index < -0.39 is 0 Å². The van der Waals surface area contributed by atoms with Crippen LogP contribution in [0.4, 0.5) is 4.79 Å². The number of imide groups is 1. The second-order valence-electron chi connectivity index (χ2n) is 6.15. The van der Waals surface area contributed by atoms with Crippen molar-refractivity contribution in [2.75, 3.05) is 18.8 Å². The Labute approximate surface area is 181 Å². The van der Waals surface area contributed by atoms with Gasteiger partial charge in [0, 0.05) is 28.6 Å². The van der Waals surface area contributed by atoms with Gasteiger partial charge in [0.25, 0.3) is 0 Å². The lowest BCUT2D eigenvalue weighted by molar-refractivity contribution is -0.124. The quantitative estimate of drug-likeness (QED) is 0.457. The number of rotatable bonds is 6. The average Bonchev–Trinajstić information content (AvgIpc) is 3.27. The fourth-order valence-electron chi connectivity index (χ4n) is 2.93. The first-order valence-corrected chi connectivity index (χ1v) is 10.5. The van der Waals surface area contributed by atoms with Gasteiger partial charge in [0.1, 0.15) is 0 Å². The van der Waals surface area contributed by atoms with E-state index in [0.717, 1.165) is 5.69 Å². The maximum Gasteiger partial charge on any atom is 0.324 e. The second-order valence-corrected chi connectivity index (χ2v) is 8.06. The number of nitrogens with zero attached hydrogens (tertiary/aromatic N) is 4. The van der Waals surface area contributed by atoms with Crippen LogP contribution in [0, 0.1) is 0 Å². The molecule has 1 aliphatic heterocycles. The molecule has 148 valence electrons. The number of amides is 3. The summed E-state index contributed by atoms with van der Waals surface area (Å²) in [6.45, 7) is 0.330. The van der Waals surface area contributed by atoms with Crippen molar-refractivity contribution in [3.63, 3.8) is 0 Å². The standard InChI is InChI=1S/C19H15Cl2N5O2S/c20-12-6-7-14(15(21)10-12)17-23-24-19(26(17)13-4-2-1-3-5-13)29-9-8-25-16(27)11-22-18(25)28/h1-7,10H,8-9,11H2,(H,22,28). The summed E-state index contributed by atoms with van der Waals surface area (Å²) < 4.78 is 1.89. The summed E-state index contributed by atoms with van der Waals surface area (Å²) >= 11 is 13.8. The molecular weight excluding hydrogens is 433 g/mol. The van der Waals surface area contributed by atoms with Crippen molar-refractivity contribution in [3.05, 3.63) is 58.6 Å². The molecule has 7 nitrogen and oxygen atoms in total. The van der Waals surface area contributed by atoms with Gasteiger partial charge in [-0.25, -0.2) is 4.79 Å². The zero-order chi connectivity index (χ0) is 20.4. The van der Waals surface area contributed by atoms with Crippen molar-refractivity contribution in [1.29, 1.82) is 0 Å². The number of urea groups is 1. The molecule has 0 radical (unpaired) electrons. The van der Waals surface area contributed by atoms with Crippen LogP contribution < -0.4 is 5.32 Å². The molecule has 2 aromatic carbocycles. The molecule has 0 spiro atoms. The van der Waals surface area contributed by atoms with Crippen LogP contribution >= 0.6 is 35.0 Å². The Bertz CT molecular complexity index is 1060. The average molecular weight is 448 g/mol. The fraction of sp³-hybridized carbons (Fsp3) is 0.158. The lowest BCUT2D eigenvalue weighted by Gasteiger charge is -2.13. The van der Waals surface area contributed by atoms with E-state index in [-0.39, 0.29) is 25.0 Å². The molecule has 3 aromatic rings. The second kappa shape index (κ2) is 8.44. The number of para-hydroxylation sites is 1. The molecule has 4 rings (SSSR count). The smallest absolute Gasteiger partial charge is 0.324 e. The number of nitrogens with one attached hydrogen (secondary N) is 1. The third-order valence-electron chi connectivity index (χ3n) is 4.30. The molecule has 0 unspecified atom stereocenters. The minimum absolute atomic E-state index is 0.0446. The lowest BCUT2D eigenvalue weighted by atomic mass is 10.2. The predicted octanol–water partition coefficient (Wildman–Crippen LogP) is 3.89. The minimum atomic E-state index is -0.367. The maximum atomic E-state index is 11.7. The third-order valence-corrected chi connectivity index (χ3v) is 5.76. The fourth-order valence-corrected chi connectivity index (χ4v) is 4.30. The van der Waals surface area contributed by atoms with E-state index in [2.05, 4.69) is 15.5 Å². The Kier molecular flexibility index (Phi) is 5.75. The largest absolute Gasteiger partial charge is 0.329 e. The Balaban J connectivity index is 1.65. The zero-order valence-electron chi connectivity index (χ0n) is 15.0. The number of carbonyl (C=O) groups is 2. The molecule has 10 heteroatoms. The van der Waals surface area contributed by atoms with E-state index in [9.17, 15) is 9.59 Å². The molecule has 1 saturated heterocycles. The third kappa shape index (κ3) is 4.10. The van der Waals surface area contributed by atoms with Gasteiger partial charge in [0.2, 0.25) is 5.91 Å². The van der Waals surface area contributed by atoms with Crippen molar-refractivity contribution in [2.45, 2.75) is 5.16 Å². The van der Waals surface area contributed by atoms with E-state index in [1.807, 2.05) is 34.9 Å². The molecular formula is C19H15Cl2N5O2S. The van der Waals surface area contributed by atoms with E-state index in [1.165, 1.54) is 16.7 Å². The molecule has 0 bridgehead atoms. The van der Waals surface area contributed by atoms with Crippen molar-refractivity contribution < 1.29 is 9.59 Å². The Hall–Kier alpha value is -2.55. The van der Waals surface area contributed by atoms with E-state index in [0.29, 0.717) is 32.3 Å². The van der Waals surface area contributed by atoms with Gasteiger partial charge in [-0.1, -0.05) is 53.2 Å². The van der Waals surface area contributed by atoms with Gasteiger partial charge in [0.05, 0.1) is 11.6 Å². The summed E-state index contributed by atoms with van der Waals surface area (Å²) in [6.07, 6.45) is 0. The summed E-state index contributed by atoms with van der Waals surface area (Å²) in [4.78, 5) is 24.6. The topological polar surface area (TPSA) is 80.1 Å². The normalized spacial score (nSPS) is 13.8. The van der Waals surface area contributed by atoms with Crippen LogP contribution in [-0.2, 0) is 4.79 Å². The lowest BCUT2D eigenvalue weighted by Crippen LogP contribution is -2.32. The zero-order valence-corrected chi connectivity index (χ0v) is 17.3. The molecule has 0 saturated carbocycles. The van der Waals surface area contributed by atoms with Crippen molar-refractivity contribution in [2.24, 2.45) is 0 Å². The van der Waals surface area contributed by atoms with Gasteiger partial charge in [-0.3, -0.25) is 14.3 Å². The number of halogens is 2. The summed E-state index contributed by atoms with van der Waals surface area (Å²) in [6, 6.07) is 14.5. The van der Waals surface area contributed by atoms with E-state index in [4.69, 9.17) is 23.2 Å². The number of carbonyl (C=O) groups excluding carboxylic acids is 2. The number of benzene rings is 2. The van der Waals surface area contributed by atoms with Crippen LogP contribution in [0.5, 0.6) is 0 Å². The number of hydrogen-bond acceptors (Lipinski definition) is 5. The number of hydrogen-bond donors (Lipinski definition) is 1. The SMILES string of the molecule is O=C1CNC(=O)N1CCSc1nnc(-c2ccc(Cl)cc2Cl)n1-c1ccccc1. The van der Waals surface area contributed by atoms with Crippen molar-refractivity contribution >= 4 is 46.9 Å². The molecule has 0 atom stereocenters. The Morgan fingerprint density at radius 3 is 2.55 bits per heavy atom. The highest BCUT2D eigenvalue weighted by atomic mass is 35.5. The van der Waals surface area contributed by atoms with Gasteiger partial charge in [-0.05, 0) is 30.3 Å². The van der Waals surface area contributed by atoms with Gasteiger partial charge < -0.3 is 5.32 Å². The van der Waals surface area contributed by atoms with Gasteiger partial charge in [-0.15, -0.1) is 10.2 Å². The Morgan fingerprint density at radius 1 is 1.07 bits per heavy atom. The van der Waals surface area contributed by atoms with Gasteiger partial charge >= 0.3 is 6.03 Å². The van der Waals surface area contributed by atoms with E-state index >= 15 is 0 Å². The first kappa shape index (κ1) is 19.8. The van der Waals surface area contributed by atoms with Crippen LogP contribution in [0.1, 0.15) is 0 Å². The number of thioether (sulfide) groups is 1. The monoisotopic (exact) mass is 447 g/mol.